The number of nitrogens with zero attached hydrogens (tertiary/aromatic N) is 3. The average molecular weight is 415 g/mol. The van der Waals surface area contributed by atoms with Gasteiger partial charge in [0, 0.05) is 44.0 Å². The second kappa shape index (κ2) is 7.61. The van der Waals surface area contributed by atoms with Gasteiger partial charge >= 0.3 is 0 Å². The molecule has 0 saturated carbocycles. The maximum atomic E-state index is 13.4. The van der Waals surface area contributed by atoms with E-state index in [1.807, 2.05) is 31.2 Å². The normalized spacial score (nSPS) is 20.1. The first-order valence-corrected chi connectivity index (χ1v) is 10.8. The first-order chi connectivity index (χ1) is 13.8. The van der Waals surface area contributed by atoms with Crippen LogP contribution in [0.15, 0.2) is 66.1 Å². The Bertz CT molecular complexity index is 1110. The summed E-state index contributed by atoms with van der Waals surface area (Å²) in [7, 11) is -1.98. The highest BCUT2D eigenvalue weighted by atomic mass is 32.2. The lowest BCUT2D eigenvalue weighted by atomic mass is 9.94. The summed E-state index contributed by atoms with van der Waals surface area (Å²) in [6.07, 6.45) is 2.98. The van der Waals surface area contributed by atoms with Crippen molar-refractivity contribution in [1.82, 2.24) is 13.9 Å². The molecule has 0 aliphatic carbocycles. The Morgan fingerprint density at radius 3 is 2.48 bits per heavy atom. The predicted molar refractivity (Wildman–Crippen MR) is 110 cm³/mol. The SMILES string of the molecule is Cc1ccccc1N[C@@H]1CN(S(=O)(=O)c2cn(C)cn2)C[C@H]1c1ccc(F)cc1. The van der Waals surface area contributed by atoms with Gasteiger partial charge in [0.05, 0.1) is 6.33 Å². The summed E-state index contributed by atoms with van der Waals surface area (Å²) < 4.78 is 42.7. The van der Waals surface area contributed by atoms with Crippen molar-refractivity contribution in [2.24, 2.45) is 7.05 Å². The molecule has 2 heterocycles. The number of halogens is 1. The Morgan fingerprint density at radius 1 is 1.10 bits per heavy atom. The van der Waals surface area contributed by atoms with Crippen LogP contribution >= 0.6 is 0 Å². The number of sulfonamides is 1. The zero-order valence-electron chi connectivity index (χ0n) is 16.3. The number of hydrogen-bond acceptors (Lipinski definition) is 4. The second-order valence-electron chi connectivity index (χ2n) is 7.42. The largest absolute Gasteiger partial charge is 0.380 e. The van der Waals surface area contributed by atoms with E-state index >= 15 is 0 Å². The van der Waals surface area contributed by atoms with Gasteiger partial charge in [-0.25, -0.2) is 17.8 Å². The molecule has 2 aromatic carbocycles. The summed E-state index contributed by atoms with van der Waals surface area (Å²) in [4.78, 5) is 4.03. The smallest absolute Gasteiger partial charge is 0.262 e. The molecule has 4 rings (SSSR count). The first-order valence-electron chi connectivity index (χ1n) is 9.40. The highest BCUT2D eigenvalue weighted by molar-refractivity contribution is 7.89. The van der Waals surface area contributed by atoms with Crippen LogP contribution in [-0.4, -0.2) is 41.4 Å². The average Bonchev–Trinajstić information content (AvgIpc) is 3.32. The summed E-state index contributed by atoms with van der Waals surface area (Å²) >= 11 is 0. The van der Waals surface area contributed by atoms with Gasteiger partial charge in [0.15, 0.2) is 5.03 Å². The summed E-state index contributed by atoms with van der Waals surface area (Å²) in [6, 6.07) is 14.0. The molecule has 1 N–H and O–H groups in total. The van der Waals surface area contributed by atoms with Crippen LogP contribution in [0.4, 0.5) is 10.1 Å². The van der Waals surface area contributed by atoms with Crippen molar-refractivity contribution in [3.63, 3.8) is 0 Å². The minimum absolute atomic E-state index is 0.0365. The van der Waals surface area contributed by atoms with Crippen LogP contribution in [0.3, 0.4) is 0 Å². The van der Waals surface area contributed by atoms with Crippen molar-refractivity contribution in [3.05, 3.63) is 78.0 Å². The molecular weight excluding hydrogens is 391 g/mol. The van der Waals surface area contributed by atoms with Gasteiger partial charge in [-0.15, -0.1) is 0 Å². The molecule has 1 aliphatic rings. The molecule has 1 aliphatic heterocycles. The van der Waals surface area contributed by atoms with Gasteiger partial charge in [-0.1, -0.05) is 30.3 Å². The van der Waals surface area contributed by atoms with Gasteiger partial charge in [-0.2, -0.15) is 4.31 Å². The minimum Gasteiger partial charge on any atom is -0.380 e. The van der Waals surface area contributed by atoms with E-state index in [1.54, 1.807) is 23.7 Å². The van der Waals surface area contributed by atoms with Gasteiger partial charge < -0.3 is 9.88 Å². The molecule has 0 bridgehead atoms. The highest BCUT2D eigenvalue weighted by Crippen LogP contribution is 2.33. The third-order valence-electron chi connectivity index (χ3n) is 5.36. The third-order valence-corrected chi connectivity index (χ3v) is 7.07. The number of rotatable bonds is 5. The minimum atomic E-state index is -3.71. The van der Waals surface area contributed by atoms with E-state index in [-0.39, 0.29) is 22.8 Å². The van der Waals surface area contributed by atoms with Gasteiger partial charge in [0.2, 0.25) is 0 Å². The number of aromatic nitrogens is 2. The third kappa shape index (κ3) is 3.90. The van der Waals surface area contributed by atoms with Crippen molar-refractivity contribution in [2.45, 2.75) is 23.9 Å². The molecule has 6 nitrogen and oxygen atoms in total. The van der Waals surface area contributed by atoms with E-state index in [2.05, 4.69) is 10.3 Å². The maximum Gasteiger partial charge on any atom is 0.262 e. The lowest BCUT2D eigenvalue weighted by Gasteiger charge is -2.22. The molecule has 1 aromatic heterocycles. The molecule has 1 saturated heterocycles. The zero-order valence-corrected chi connectivity index (χ0v) is 17.1. The molecule has 0 radical (unpaired) electrons. The molecule has 8 heteroatoms. The number of benzene rings is 2. The lowest BCUT2D eigenvalue weighted by Crippen LogP contribution is -2.32. The summed E-state index contributed by atoms with van der Waals surface area (Å²) in [5.74, 6) is -0.429. The summed E-state index contributed by atoms with van der Waals surface area (Å²) in [5.41, 5.74) is 2.94. The lowest BCUT2D eigenvalue weighted by molar-refractivity contribution is 0.468. The van der Waals surface area contributed by atoms with E-state index in [4.69, 9.17) is 0 Å². The Morgan fingerprint density at radius 2 is 1.83 bits per heavy atom. The fraction of sp³-hybridized carbons (Fsp3) is 0.286. The molecule has 29 heavy (non-hydrogen) atoms. The number of anilines is 1. The van der Waals surface area contributed by atoms with Crippen molar-refractivity contribution in [3.8, 4) is 0 Å². The van der Waals surface area contributed by atoms with Crippen LogP contribution in [0.25, 0.3) is 0 Å². The molecule has 1 fully saturated rings. The van der Waals surface area contributed by atoms with E-state index in [0.717, 1.165) is 16.8 Å². The van der Waals surface area contributed by atoms with Crippen molar-refractivity contribution < 1.29 is 12.8 Å². The summed E-state index contributed by atoms with van der Waals surface area (Å²) in [5, 5.41) is 3.54. The van der Waals surface area contributed by atoms with Gasteiger partial charge in [-0.05, 0) is 36.2 Å². The first kappa shape index (κ1) is 19.6. The Labute approximate surface area is 170 Å². The van der Waals surface area contributed by atoms with Crippen LogP contribution in [0.5, 0.6) is 0 Å². The van der Waals surface area contributed by atoms with E-state index in [1.165, 1.54) is 29.0 Å². The molecule has 152 valence electrons. The number of aryl methyl sites for hydroxylation is 2. The molecule has 2 atom stereocenters. The van der Waals surface area contributed by atoms with E-state index < -0.39 is 10.0 Å². The molecule has 0 unspecified atom stereocenters. The van der Waals surface area contributed by atoms with Crippen LogP contribution in [0.1, 0.15) is 17.0 Å². The van der Waals surface area contributed by atoms with Crippen LogP contribution < -0.4 is 5.32 Å². The molecule has 0 amide bonds. The van der Waals surface area contributed by atoms with Crippen LogP contribution in [-0.2, 0) is 17.1 Å². The number of hydrogen-bond donors (Lipinski definition) is 1. The fourth-order valence-electron chi connectivity index (χ4n) is 3.75. The molecule has 3 aromatic rings. The van der Waals surface area contributed by atoms with Crippen LogP contribution in [0, 0.1) is 12.7 Å². The maximum absolute atomic E-state index is 13.4. The van der Waals surface area contributed by atoms with Crippen molar-refractivity contribution in [2.75, 3.05) is 18.4 Å². The predicted octanol–water partition coefficient (Wildman–Crippen LogP) is 3.14. The second-order valence-corrected chi connectivity index (χ2v) is 9.31. The van der Waals surface area contributed by atoms with E-state index in [0.29, 0.717) is 13.1 Å². The molecular formula is C21H23FN4O2S. The molecule has 0 spiro atoms. The topological polar surface area (TPSA) is 67.2 Å². The van der Waals surface area contributed by atoms with Crippen LogP contribution in [0.2, 0.25) is 0 Å². The zero-order chi connectivity index (χ0) is 20.6. The number of imidazole rings is 1. The number of para-hydroxylation sites is 1. The van der Waals surface area contributed by atoms with Crippen molar-refractivity contribution in [1.29, 1.82) is 0 Å². The Kier molecular flexibility index (Phi) is 5.14. The van der Waals surface area contributed by atoms with Crippen molar-refractivity contribution >= 4 is 15.7 Å². The van der Waals surface area contributed by atoms with Gasteiger partial charge in [-0.3, -0.25) is 0 Å². The highest BCUT2D eigenvalue weighted by Gasteiger charge is 2.41. The Hall–Kier alpha value is -2.71. The Balaban J connectivity index is 1.67. The van der Waals surface area contributed by atoms with Gasteiger partial charge in [0.25, 0.3) is 10.0 Å². The standard InChI is InChI=1S/C21H23FN4O2S/c1-15-5-3-4-6-19(15)24-20-12-26(29(27,28)21-13-25(2)14-23-21)11-18(20)16-7-9-17(22)10-8-16/h3-10,13-14,18,20,24H,11-12H2,1-2H3/t18-,20+/m0/s1. The quantitative estimate of drug-likeness (QED) is 0.697. The fourth-order valence-corrected chi connectivity index (χ4v) is 5.20. The van der Waals surface area contributed by atoms with Gasteiger partial charge in [0.1, 0.15) is 5.82 Å². The number of nitrogens with one attached hydrogen (secondary N) is 1. The monoisotopic (exact) mass is 414 g/mol. The summed E-state index contributed by atoms with van der Waals surface area (Å²) in [6.45, 7) is 2.61. The van der Waals surface area contributed by atoms with E-state index in [9.17, 15) is 12.8 Å².